The number of amides is 1. The fourth-order valence-electron chi connectivity index (χ4n) is 5.72. The van der Waals surface area contributed by atoms with E-state index in [0.717, 1.165) is 50.5 Å². The summed E-state index contributed by atoms with van der Waals surface area (Å²) in [6.07, 6.45) is 3.79. The van der Waals surface area contributed by atoms with Crippen molar-refractivity contribution in [3.8, 4) is 0 Å². The van der Waals surface area contributed by atoms with Crippen LogP contribution in [0.5, 0.6) is 0 Å². The first kappa shape index (κ1) is 31.9. The quantitative estimate of drug-likeness (QED) is 0.331. The Balaban J connectivity index is 1.34. The molecule has 2 aromatic rings. The molecule has 3 aliphatic heterocycles. The van der Waals surface area contributed by atoms with Gasteiger partial charge < -0.3 is 31.9 Å². The van der Waals surface area contributed by atoms with Crippen LogP contribution in [0.25, 0.3) is 0 Å². The SMILES string of the molecule is C=C/N=C1/C(N)=NC(N2CCN(C3CCN(C)CC3)CC2)=N/C1=C(/N)Nc1cc(C(=O)Nc2cc(C(C)(C)C)n[nH]2)ccc1C. The summed E-state index contributed by atoms with van der Waals surface area (Å²) >= 11 is 0. The molecule has 4 heterocycles. The van der Waals surface area contributed by atoms with Gasteiger partial charge in [0, 0.05) is 61.2 Å². The summed E-state index contributed by atoms with van der Waals surface area (Å²) in [5.41, 5.74) is 16.5. The lowest BCUT2D eigenvalue weighted by Gasteiger charge is -2.42. The predicted molar refractivity (Wildman–Crippen MR) is 182 cm³/mol. The van der Waals surface area contributed by atoms with Crippen molar-refractivity contribution in [1.82, 2.24) is 24.9 Å². The Labute approximate surface area is 265 Å². The number of hydrogen-bond donors (Lipinski definition) is 5. The van der Waals surface area contributed by atoms with Gasteiger partial charge in [-0.1, -0.05) is 33.4 Å². The second-order valence-corrected chi connectivity index (χ2v) is 12.9. The molecule has 2 saturated heterocycles. The van der Waals surface area contributed by atoms with Crippen molar-refractivity contribution in [1.29, 1.82) is 0 Å². The monoisotopic (exact) mass is 614 g/mol. The Morgan fingerprint density at radius 2 is 1.80 bits per heavy atom. The van der Waals surface area contributed by atoms with E-state index in [0.29, 0.717) is 40.5 Å². The van der Waals surface area contributed by atoms with E-state index in [1.807, 2.05) is 19.1 Å². The number of carbonyl (C=O) groups excluding carboxylic acids is 1. The second-order valence-electron chi connectivity index (χ2n) is 12.9. The van der Waals surface area contributed by atoms with Gasteiger partial charge in [0.1, 0.15) is 23.0 Å². The van der Waals surface area contributed by atoms with E-state index in [1.54, 1.807) is 12.1 Å². The van der Waals surface area contributed by atoms with E-state index in [-0.39, 0.29) is 23.0 Å². The van der Waals surface area contributed by atoms with Gasteiger partial charge in [-0.05, 0) is 57.6 Å². The number of carbonyl (C=O) groups is 1. The largest absolute Gasteiger partial charge is 0.383 e. The molecule has 13 heteroatoms. The number of piperazine rings is 1. The third kappa shape index (κ3) is 7.43. The van der Waals surface area contributed by atoms with Gasteiger partial charge in [-0.15, -0.1) is 0 Å². The molecule has 3 aliphatic rings. The lowest BCUT2D eigenvalue weighted by Crippen LogP contribution is -2.54. The molecule has 1 amide bonds. The minimum Gasteiger partial charge on any atom is -0.383 e. The van der Waals surface area contributed by atoms with Crippen LogP contribution in [-0.2, 0) is 5.41 Å². The van der Waals surface area contributed by atoms with E-state index in [4.69, 9.17) is 16.5 Å². The number of anilines is 2. The first-order valence-electron chi connectivity index (χ1n) is 15.5. The van der Waals surface area contributed by atoms with Crippen molar-refractivity contribution in [3.05, 3.63) is 65.4 Å². The maximum atomic E-state index is 13.1. The molecule has 45 heavy (non-hydrogen) atoms. The highest BCUT2D eigenvalue weighted by molar-refractivity contribution is 6.49. The summed E-state index contributed by atoms with van der Waals surface area (Å²) in [6.45, 7) is 17.6. The molecule has 0 saturated carbocycles. The van der Waals surface area contributed by atoms with Crippen molar-refractivity contribution in [2.24, 2.45) is 26.4 Å². The molecule has 7 N–H and O–H groups in total. The number of aromatic amines is 1. The standard InChI is InChI=1S/C32H46N12O/c1-7-35-26-27(38-31(39-28(26)33)44-16-14-43(15-17-44)22-10-12-42(6)13-11-22)29(34)36-23-18-21(9-8-20(23)2)30(45)37-25-19-24(40-41-25)32(3,4)5/h7-9,18-19,22,36H,1,10-17,34H2,2-6H3,(H2,33,38,39)(H2,37,40,41,45)/b29-27-,35-26+. The highest BCUT2D eigenvalue weighted by Gasteiger charge is 2.30. The topological polar surface area (TPSA) is 169 Å². The normalized spacial score (nSPS) is 20.9. The fraction of sp³-hybridized carbons (Fsp3) is 0.469. The number of likely N-dealkylation sites (tertiary alicyclic amines) is 1. The zero-order valence-corrected chi connectivity index (χ0v) is 27.0. The summed E-state index contributed by atoms with van der Waals surface area (Å²) in [4.78, 5) is 34.0. The van der Waals surface area contributed by atoms with Gasteiger partial charge in [0.05, 0.1) is 5.69 Å². The van der Waals surface area contributed by atoms with Crippen molar-refractivity contribution >= 4 is 34.9 Å². The molecule has 0 bridgehead atoms. The Bertz CT molecular complexity index is 1540. The number of guanidine groups is 1. The maximum absolute atomic E-state index is 13.1. The van der Waals surface area contributed by atoms with Crippen molar-refractivity contribution in [2.45, 2.75) is 52.0 Å². The Morgan fingerprint density at radius 3 is 2.44 bits per heavy atom. The van der Waals surface area contributed by atoms with E-state index < -0.39 is 0 Å². The molecule has 5 rings (SSSR count). The number of hydrogen-bond acceptors (Lipinski definition) is 11. The van der Waals surface area contributed by atoms with Crippen LogP contribution in [-0.4, -0.2) is 101 Å². The third-order valence-electron chi connectivity index (χ3n) is 8.54. The molecule has 0 aliphatic carbocycles. The van der Waals surface area contributed by atoms with Gasteiger partial charge in [-0.25, -0.2) is 4.99 Å². The lowest BCUT2D eigenvalue weighted by atomic mass is 9.92. The van der Waals surface area contributed by atoms with Gasteiger partial charge in [0.2, 0.25) is 5.96 Å². The van der Waals surface area contributed by atoms with Gasteiger partial charge in [-0.2, -0.15) is 10.1 Å². The molecule has 1 aromatic heterocycles. The van der Waals surface area contributed by atoms with Gasteiger partial charge >= 0.3 is 0 Å². The van der Waals surface area contributed by atoms with Crippen LogP contribution < -0.4 is 22.1 Å². The van der Waals surface area contributed by atoms with Crippen LogP contribution in [0.3, 0.4) is 0 Å². The summed E-state index contributed by atoms with van der Waals surface area (Å²) in [6, 6.07) is 7.83. The Hall–Kier alpha value is -4.49. The molecule has 1 aromatic carbocycles. The minimum atomic E-state index is -0.281. The molecule has 2 fully saturated rings. The zero-order chi connectivity index (χ0) is 32.3. The van der Waals surface area contributed by atoms with Crippen LogP contribution in [0.1, 0.15) is 55.2 Å². The molecule has 0 atom stereocenters. The van der Waals surface area contributed by atoms with Crippen molar-refractivity contribution in [3.63, 3.8) is 0 Å². The first-order chi connectivity index (χ1) is 21.4. The number of nitrogens with one attached hydrogen (secondary N) is 3. The number of nitrogens with two attached hydrogens (primary N) is 2. The molecule has 13 nitrogen and oxygen atoms in total. The summed E-state index contributed by atoms with van der Waals surface area (Å²) in [5.74, 6) is 1.21. The number of rotatable bonds is 6. The molecular weight excluding hydrogens is 568 g/mol. The second kappa shape index (κ2) is 13.2. The number of aryl methyl sites for hydroxylation is 1. The van der Waals surface area contributed by atoms with E-state index in [2.05, 4.69) is 79.9 Å². The van der Waals surface area contributed by atoms with E-state index in [9.17, 15) is 4.79 Å². The van der Waals surface area contributed by atoms with Gasteiger partial charge in [0.25, 0.3) is 5.91 Å². The van der Waals surface area contributed by atoms with Crippen LogP contribution in [0.4, 0.5) is 11.5 Å². The first-order valence-corrected chi connectivity index (χ1v) is 15.5. The minimum absolute atomic E-state index is 0.143. The summed E-state index contributed by atoms with van der Waals surface area (Å²) < 4.78 is 0. The van der Waals surface area contributed by atoms with Crippen molar-refractivity contribution < 1.29 is 4.79 Å². The summed E-state index contributed by atoms with van der Waals surface area (Å²) in [5, 5.41) is 13.3. The van der Waals surface area contributed by atoms with Gasteiger partial charge in [0.15, 0.2) is 5.84 Å². The number of H-pyrrole nitrogens is 1. The van der Waals surface area contributed by atoms with Crippen molar-refractivity contribution in [2.75, 3.05) is 56.9 Å². The number of aliphatic imine (C=N–C) groups is 3. The Kier molecular flexibility index (Phi) is 9.40. The van der Waals surface area contributed by atoms with Crippen LogP contribution in [0, 0.1) is 6.92 Å². The number of benzene rings is 1. The van der Waals surface area contributed by atoms with Gasteiger partial charge in [-0.3, -0.25) is 19.8 Å². The fourth-order valence-corrected chi connectivity index (χ4v) is 5.72. The van der Waals surface area contributed by atoms with E-state index in [1.165, 1.54) is 19.0 Å². The molecule has 240 valence electrons. The molecule has 0 radical (unpaired) electrons. The average Bonchev–Trinajstić information content (AvgIpc) is 3.49. The number of amidine groups is 1. The highest BCUT2D eigenvalue weighted by Crippen LogP contribution is 2.25. The summed E-state index contributed by atoms with van der Waals surface area (Å²) in [7, 11) is 2.19. The van der Waals surface area contributed by atoms with Crippen LogP contribution in [0.2, 0.25) is 0 Å². The van der Waals surface area contributed by atoms with Crippen LogP contribution in [0.15, 0.2) is 63.5 Å². The molecule has 0 spiro atoms. The third-order valence-corrected chi connectivity index (χ3v) is 8.54. The Morgan fingerprint density at radius 1 is 1.09 bits per heavy atom. The zero-order valence-electron chi connectivity index (χ0n) is 27.0. The van der Waals surface area contributed by atoms with Crippen LogP contribution >= 0.6 is 0 Å². The number of piperidine rings is 1. The number of nitrogens with zero attached hydrogens (tertiary/aromatic N) is 7. The molecule has 0 unspecified atom stereocenters. The molecular formula is C32H46N12O. The smallest absolute Gasteiger partial charge is 0.256 e. The number of aromatic nitrogens is 2. The average molecular weight is 615 g/mol. The maximum Gasteiger partial charge on any atom is 0.256 e. The lowest BCUT2D eigenvalue weighted by molar-refractivity contribution is 0.0859. The highest BCUT2D eigenvalue weighted by atomic mass is 16.1. The van der Waals surface area contributed by atoms with E-state index >= 15 is 0 Å². The predicted octanol–water partition coefficient (Wildman–Crippen LogP) is 2.83.